The molecule has 0 radical (unpaired) electrons. The Morgan fingerprint density at radius 2 is 0.873 bits per heavy atom. The van der Waals surface area contributed by atoms with Crippen LogP contribution in [0.1, 0.15) is 51.2 Å². The van der Waals surface area contributed by atoms with Gasteiger partial charge in [-0.2, -0.15) is 0 Å². The van der Waals surface area contributed by atoms with Crippen LogP contribution in [0, 0.1) is 0 Å². The van der Waals surface area contributed by atoms with Gasteiger partial charge in [-0.3, -0.25) is 0 Å². The lowest BCUT2D eigenvalue weighted by Crippen LogP contribution is -2.41. The van der Waals surface area contributed by atoms with Gasteiger partial charge in [-0.15, -0.1) is 0 Å². The van der Waals surface area contributed by atoms with Crippen LogP contribution in [-0.4, -0.2) is 4.90 Å². The molecule has 2 nitrogen and oxygen atoms in total. The molecule has 8 aromatic carbocycles. The maximum absolute atomic E-state index is 6.97. The minimum atomic E-state index is -0.320. The van der Waals surface area contributed by atoms with E-state index in [-0.39, 0.29) is 17.6 Å². The van der Waals surface area contributed by atoms with Crippen LogP contribution in [0.2, 0.25) is 0 Å². The fraction of sp³-hybridized carbons (Fsp3) is 0.0566. The number of hydrogen-bond acceptors (Lipinski definition) is 2. The number of fused-ring (bicyclic) bond motifs is 10. The minimum absolute atomic E-state index is 0.0854. The highest BCUT2D eigenvalue weighted by Gasteiger charge is 2.51. The number of nitrogens with zero attached hydrogens (tertiary/aromatic N) is 1. The van der Waals surface area contributed by atoms with E-state index in [1.165, 1.54) is 83.6 Å². The molecule has 0 bridgehead atoms. The van der Waals surface area contributed by atoms with Crippen molar-refractivity contribution in [3.63, 3.8) is 0 Å². The lowest BCUT2D eigenvalue weighted by Gasteiger charge is -2.46. The smallest absolute Gasteiger partial charge is 0.104 e. The first kappa shape index (κ1) is 31.8. The number of rotatable bonds is 6. The average molecular weight is 703 g/mol. The summed E-state index contributed by atoms with van der Waals surface area (Å²) in [7, 11) is 0. The summed E-state index contributed by atoms with van der Waals surface area (Å²) < 4.78 is 0. The van der Waals surface area contributed by atoms with Gasteiger partial charge in [0.1, 0.15) is 6.17 Å². The summed E-state index contributed by atoms with van der Waals surface area (Å²) in [6, 6.07) is 73.2. The third kappa shape index (κ3) is 4.72. The van der Waals surface area contributed by atoms with E-state index in [0.29, 0.717) is 0 Å². The molecule has 8 aromatic rings. The van der Waals surface area contributed by atoms with Crippen molar-refractivity contribution in [2.45, 2.75) is 17.6 Å². The van der Waals surface area contributed by atoms with Gasteiger partial charge >= 0.3 is 0 Å². The number of benzene rings is 8. The van der Waals surface area contributed by atoms with Crippen molar-refractivity contribution >= 4 is 5.70 Å². The summed E-state index contributed by atoms with van der Waals surface area (Å²) in [5, 5.41) is 0. The van der Waals surface area contributed by atoms with Crippen LogP contribution >= 0.6 is 0 Å². The average Bonchev–Trinajstić information content (AvgIpc) is 3.71. The van der Waals surface area contributed by atoms with Crippen molar-refractivity contribution in [3.8, 4) is 44.5 Å². The number of nitrogens with two attached hydrogens (primary N) is 1. The van der Waals surface area contributed by atoms with E-state index in [1.807, 2.05) is 6.07 Å². The van der Waals surface area contributed by atoms with Gasteiger partial charge in [0.05, 0.1) is 11.5 Å². The molecule has 55 heavy (non-hydrogen) atoms. The summed E-state index contributed by atoms with van der Waals surface area (Å²) in [5.74, 6) is 0. The van der Waals surface area contributed by atoms with Crippen LogP contribution in [0.3, 0.4) is 0 Å². The maximum Gasteiger partial charge on any atom is 0.104 e. The van der Waals surface area contributed by atoms with Gasteiger partial charge in [-0.05, 0) is 102 Å². The van der Waals surface area contributed by atoms with E-state index < -0.39 is 0 Å². The van der Waals surface area contributed by atoms with Gasteiger partial charge in [-0.1, -0.05) is 188 Å². The van der Waals surface area contributed by atoms with E-state index in [1.54, 1.807) is 0 Å². The fourth-order valence-electron chi connectivity index (χ4n) is 9.66. The Morgan fingerprint density at radius 1 is 0.400 bits per heavy atom. The molecule has 0 aromatic heterocycles. The molecular formula is C53H38N2. The Bertz CT molecular complexity index is 2730. The van der Waals surface area contributed by atoms with Crippen LogP contribution in [0.25, 0.3) is 50.2 Å². The maximum atomic E-state index is 6.97. The Morgan fingerprint density at radius 3 is 1.51 bits per heavy atom. The second-order valence-corrected chi connectivity index (χ2v) is 15.0. The zero-order chi connectivity index (χ0) is 36.5. The molecule has 2 unspecified atom stereocenters. The lowest BCUT2D eigenvalue weighted by atomic mass is 9.70. The molecule has 2 N–H and O–H groups in total. The molecule has 2 heteroatoms. The van der Waals surface area contributed by atoms with Crippen molar-refractivity contribution < 1.29 is 0 Å². The second-order valence-electron chi connectivity index (χ2n) is 15.0. The predicted octanol–water partition coefficient (Wildman–Crippen LogP) is 12.4. The first-order valence-electron chi connectivity index (χ1n) is 19.2. The predicted molar refractivity (Wildman–Crippen MR) is 226 cm³/mol. The summed E-state index contributed by atoms with van der Waals surface area (Å²) in [5.41, 5.74) is 26.9. The van der Waals surface area contributed by atoms with Gasteiger partial charge in [0.15, 0.2) is 0 Å². The standard InChI is InChI=1S/C53H38N2/c54-52(38-16-5-2-6-17-38)55-50(36-14-3-1-4-15-36)34-51(55)37-28-26-35(27-29-37)39-18-13-19-40(32-39)41-30-31-49-45(33-41)44-22-9-12-25-48(44)53(49)46-23-10-7-20-42(46)43-21-8-11-24-47(43)53/h1-34,51-52H,54H2. The molecule has 0 saturated carbocycles. The molecule has 1 spiro atoms. The lowest BCUT2D eigenvalue weighted by molar-refractivity contribution is 0.229. The van der Waals surface area contributed by atoms with E-state index >= 15 is 0 Å². The molecule has 11 rings (SSSR count). The zero-order valence-electron chi connectivity index (χ0n) is 30.3. The molecule has 3 aliphatic rings. The summed E-state index contributed by atoms with van der Waals surface area (Å²) in [6.45, 7) is 0. The quantitative estimate of drug-likeness (QED) is 0.187. The normalized spacial score (nSPS) is 16.1. The Hall–Kier alpha value is -6.74. The van der Waals surface area contributed by atoms with Crippen molar-refractivity contribution in [3.05, 3.63) is 245 Å². The molecule has 260 valence electrons. The molecule has 1 heterocycles. The minimum Gasteiger partial charge on any atom is -0.341 e. The molecular weight excluding hydrogens is 665 g/mol. The monoisotopic (exact) mass is 702 g/mol. The summed E-state index contributed by atoms with van der Waals surface area (Å²) >= 11 is 0. The third-order valence-corrected chi connectivity index (χ3v) is 12.2. The Labute approximate surface area is 322 Å². The molecule has 0 saturated heterocycles. The Kier molecular flexibility index (Phi) is 7.17. The van der Waals surface area contributed by atoms with E-state index in [0.717, 1.165) is 5.56 Å². The van der Waals surface area contributed by atoms with Crippen LogP contribution in [0.15, 0.2) is 206 Å². The van der Waals surface area contributed by atoms with Crippen LogP contribution in [-0.2, 0) is 5.41 Å². The summed E-state index contributed by atoms with van der Waals surface area (Å²) in [4.78, 5) is 2.35. The van der Waals surface area contributed by atoms with Gasteiger partial charge in [0.2, 0.25) is 0 Å². The summed E-state index contributed by atoms with van der Waals surface area (Å²) in [6.07, 6.45) is 2.09. The highest BCUT2D eigenvalue weighted by molar-refractivity contribution is 5.96. The van der Waals surface area contributed by atoms with E-state index in [9.17, 15) is 0 Å². The van der Waals surface area contributed by atoms with Gasteiger partial charge < -0.3 is 10.6 Å². The zero-order valence-corrected chi connectivity index (χ0v) is 30.3. The van der Waals surface area contributed by atoms with E-state index in [2.05, 4.69) is 205 Å². The van der Waals surface area contributed by atoms with Gasteiger partial charge in [-0.25, -0.2) is 0 Å². The first-order chi connectivity index (χ1) is 27.2. The third-order valence-electron chi connectivity index (χ3n) is 12.2. The molecule has 0 amide bonds. The first-order valence-corrected chi connectivity index (χ1v) is 19.2. The number of hydrogen-bond donors (Lipinski definition) is 1. The van der Waals surface area contributed by atoms with Crippen LogP contribution in [0.5, 0.6) is 0 Å². The van der Waals surface area contributed by atoms with Crippen molar-refractivity contribution in [2.24, 2.45) is 5.73 Å². The van der Waals surface area contributed by atoms with Crippen molar-refractivity contribution in [2.75, 3.05) is 0 Å². The molecule has 1 aliphatic heterocycles. The molecule has 2 atom stereocenters. The second kappa shape index (κ2) is 12.4. The highest BCUT2D eigenvalue weighted by Crippen LogP contribution is 2.63. The molecule has 2 aliphatic carbocycles. The largest absolute Gasteiger partial charge is 0.341 e. The van der Waals surface area contributed by atoms with E-state index in [4.69, 9.17) is 5.73 Å². The SMILES string of the molecule is NC(c1ccccc1)N1C(c2ccccc2)=CC1c1ccc(-c2cccc(-c3ccc4c(c3)-c3ccccc3C43c4ccccc4-c4ccccc43)c2)cc1. The highest BCUT2D eigenvalue weighted by atomic mass is 15.3. The van der Waals surface area contributed by atoms with Crippen LogP contribution in [0.4, 0.5) is 0 Å². The topological polar surface area (TPSA) is 29.3 Å². The van der Waals surface area contributed by atoms with Gasteiger partial charge in [0, 0.05) is 5.70 Å². The van der Waals surface area contributed by atoms with Crippen LogP contribution < -0.4 is 5.73 Å². The van der Waals surface area contributed by atoms with Crippen molar-refractivity contribution in [1.82, 2.24) is 4.90 Å². The van der Waals surface area contributed by atoms with Gasteiger partial charge in [0.25, 0.3) is 0 Å². The fourth-order valence-corrected chi connectivity index (χ4v) is 9.66. The molecule has 0 fully saturated rings. The van der Waals surface area contributed by atoms with Crippen molar-refractivity contribution in [1.29, 1.82) is 0 Å². The Balaban J connectivity index is 0.943.